The van der Waals surface area contributed by atoms with Crippen LogP contribution in [0.3, 0.4) is 0 Å². The van der Waals surface area contributed by atoms with Gasteiger partial charge in [-0.1, -0.05) is 63.2 Å². The normalized spacial score (nSPS) is 16.6. The fourth-order valence-corrected chi connectivity index (χ4v) is 5.95. The first-order valence-corrected chi connectivity index (χ1v) is 16.7. The fraction of sp³-hybridized carbons (Fsp3) is 0.359. The predicted octanol–water partition coefficient (Wildman–Crippen LogP) is 6.54. The number of carboxylic acid groups (broad SMARTS) is 1. The van der Waals surface area contributed by atoms with Crippen molar-refractivity contribution in [3.05, 3.63) is 84.4 Å². The Kier molecular flexibility index (Phi) is 10.5. The molecule has 3 aromatic carbocycles. The van der Waals surface area contributed by atoms with Gasteiger partial charge in [-0.25, -0.2) is 14.6 Å². The first-order valence-electron chi connectivity index (χ1n) is 16.7. The van der Waals surface area contributed by atoms with Gasteiger partial charge < -0.3 is 34.9 Å². The van der Waals surface area contributed by atoms with Gasteiger partial charge in [0.2, 0.25) is 11.8 Å². The first-order chi connectivity index (χ1) is 24.0. The molecule has 0 spiro atoms. The number of carboxylic acids is 1. The molecule has 3 N–H and O–H groups in total. The fourth-order valence-electron chi connectivity index (χ4n) is 5.95. The largest absolute Gasteiger partial charge is 0.497 e. The number of nitrogens with one attached hydrogen (secondary N) is 2. The van der Waals surface area contributed by atoms with Crippen LogP contribution in [-0.4, -0.2) is 76.3 Å². The Morgan fingerprint density at radius 1 is 0.922 bits per heavy atom. The Bertz CT molecular complexity index is 1930. The van der Waals surface area contributed by atoms with E-state index < -0.39 is 53.1 Å². The second kappa shape index (κ2) is 14.7. The molecule has 0 radical (unpaired) electrons. The molecule has 0 bridgehead atoms. The van der Waals surface area contributed by atoms with Gasteiger partial charge in [-0.3, -0.25) is 9.59 Å². The number of amides is 3. The van der Waals surface area contributed by atoms with Gasteiger partial charge in [0.1, 0.15) is 35.3 Å². The molecule has 4 aromatic rings. The molecule has 2 heterocycles. The number of benzene rings is 3. The highest BCUT2D eigenvalue weighted by atomic mass is 16.6. The van der Waals surface area contributed by atoms with Crippen molar-refractivity contribution in [2.24, 2.45) is 5.41 Å². The standard InChI is InChI=1S/C39H44N4O8/c1-38(2,3)33(42-37(48)51-39(4,5)6)35(45)43-22-25(20-31(43)34(44)41-28-16-12-11-15-27(28)36(46)47)50-32-21-29(23-13-9-8-10-14-23)40-30-19-24(49-7)17-18-26(30)32/h8-19,21,25,31,33H,20,22H2,1-7H3,(H,41,44)(H,42,48)(H,46,47)/t25-,31?,33-/m1/s1. The minimum atomic E-state index is -1.21. The Morgan fingerprint density at radius 2 is 1.61 bits per heavy atom. The molecule has 3 amide bonds. The van der Waals surface area contributed by atoms with E-state index in [1.165, 1.54) is 17.0 Å². The highest BCUT2D eigenvalue weighted by molar-refractivity contribution is 6.03. The number of carbonyl (C=O) groups is 4. The lowest BCUT2D eigenvalue weighted by Gasteiger charge is -2.35. The maximum absolute atomic E-state index is 14.5. The Balaban J connectivity index is 1.52. The van der Waals surface area contributed by atoms with Crippen molar-refractivity contribution in [1.82, 2.24) is 15.2 Å². The summed E-state index contributed by atoms with van der Waals surface area (Å²) >= 11 is 0. The quantitative estimate of drug-likeness (QED) is 0.177. The summed E-state index contributed by atoms with van der Waals surface area (Å²) < 4.78 is 17.6. The summed E-state index contributed by atoms with van der Waals surface area (Å²) in [5, 5.41) is 15.9. The van der Waals surface area contributed by atoms with Crippen LogP contribution in [-0.2, 0) is 14.3 Å². The van der Waals surface area contributed by atoms with Crippen molar-refractivity contribution in [1.29, 1.82) is 0 Å². The number of hydrogen-bond donors (Lipinski definition) is 3. The van der Waals surface area contributed by atoms with Gasteiger partial charge in [-0.2, -0.15) is 0 Å². The predicted molar refractivity (Wildman–Crippen MR) is 193 cm³/mol. The summed E-state index contributed by atoms with van der Waals surface area (Å²) in [6, 6.07) is 20.8. The van der Waals surface area contributed by atoms with Crippen molar-refractivity contribution < 1.29 is 38.5 Å². The summed E-state index contributed by atoms with van der Waals surface area (Å²) in [4.78, 5) is 59.6. The molecule has 1 fully saturated rings. The molecule has 268 valence electrons. The van der Waals surface area contributed by atoms with Gasteiger partial charge in [-0.05, 0) is 50.5 Å². The summed E-state index contributed by atoms with van der Waals surface area (Å²) in [7, 11) is 1.58. The lowest BCUT2D eigenvalue weighted by atomic mass is 9.85. The van der Waals surface area contributed by atoms with Crippen LogP contribution < -0.4 is 20.1 Å². The minimum Gasteiger partial charge on any atom is -0.497 e. The molecule has 12 heteroatoms. The number of rotatable bonds is 9. The molecule has 1 aliphatic heterocycles. The van der Waals surface area contributed by atoms with E-state index in [1.54, 1.807) is 66.9 Å². The van der Waals surface area contributed by atoms with Crippen LogP contribution in [0.1, 0.15) is 58.3 Å². The molecule has 1 aromatic heterocycles. The molecule has 5 rings (SSSR count). The van der Waals surface area contributed by atoms with Crippen molar-refractivity contribution in [3.8, 4) is 22.8 Å². The van der Waals surface area contributed by atoms with E-state index >= 15 is 0 Å². The number of methoxy groups -OCH3 is 1. The second-order valence-electron chi connectivity index (χ2n) is 14.5. The van der Waals surface area contributed by atoms with Crippen molar-refractivity contribution >= 4 is 40.5 Å². The number of fused-ring (bicyclic) bond motifs is 1. The lowest BCUT2D eigenvalue weighted by molar-refractivity contribution is -0.140. The number of alkyl carbamates (subject to hydrolysis) is 1. The zero-order chi connectivity index (χ0) is 37.1. The minimum absolute atomic E-state index is 0.000711. The van der Waals surface area contributed by atoms with E-state index in [9.17, 15) is 24.3 Å². The third-order valence-corrected chi connectivity index (χ3v) is 8.38. The van der Waals surface area contributed by atoms with Crippen LogP contribution in [0, 0.1) is 5.41 Å². The number of ether oxygens (including phenoxy) is 3. The number of anilines is 1. The molecule has 12 nitrogen and oxygen atoms in total. The van der Waals surface area contributed by atoms with Gasteiger partial charge >= 0.3 is 12.1 Å². The summed E-state index contributed by atoms with van der Waals surface area (Å²) in [6.45, 7) is 10.6. The zero-order valence-corrected chi connectivity index (χ0v) is 29.9. The SMILES string of the molecule is COc1ccc2c(O[C@@H]3CC(C(=O)Nc4ccccc4C(=O)O)N(C(=O)[C@@H](NC(=O)OC(C)(C)C)C(C)(C)C)C3)cc(-c3ccccc3)nc2c1. The van der Waals surface area contributed by atoms with E-state index in [0.29, 0.717) is 28.1 Å². The summed E-state index contributed by atoms with van der Waals surface area (Å²) in [5.41, 5.74) is 0.559. The average molecular weight is 697 g/mol. The highest BCUT2D eigenvalue weighted by Gasteiger charge is 2.46. The topological polar surface area (TPSA) is 156 Å². The average Bonchev–Trinajstić information content (AvgIpc) is 3.50. The van der Waals surface area contributed by atoms with Gasteiger partial charge in [0, 0.05) is 29.5 Å². The molecule has 0 aliphatic carbocycles. The van der Waals surface area contributed by atoms with Crippen LogP contribution >= 0.6 is 0 Å². The number of likely N-dealkylation sites (tertiary alicyclic amines) is 1. The molecule has 0 saturated carbocycles. The maximum atomic E-state index is 14.5. The van der Waals surface area contributed by atoms with Crippen LogP contribution in [0.4, 0.5) is 10.5 Å². The van der Waals surface area contributed by atoms with Crippen molar-refractivity contribution in [2.45, 2.75) is 71.8 Å². The first kappa shape index (κ1) is 36.6. The molecule has 51 heavy (non-hydrogen) atoms. The smallest absolute Gasteiger partial charge is 0.408 e. The lowest BCUT2D eigenvalue weighted by Crippen LogP contribution is -2.57. The monoisotopic (exact) mass is 696 g/mol. The van der Waals surface area contributed by atoms with E-state index in [4.69, 9.17) is 19.2 Å². The van der Waals surface area contributed by atoms with Crippen molar-refractivity contribution in [2.75, 3.05) is 19.0 Å². The van der Waals surface area contributed by atoms with Gasteiger partial charge in [0.05, 0.1) is 36.1 Å². The van der Waals surface area contributed by atoms with E-state index in [2.05, 4.69) is 10.6 Å². The van der Waals surface area contributed by atoms with Gasteiger partial charge in [0.15, 0.2) is 0 Å². The number of para-hydroxylation sites is 1. The molecule has 3 atom stereocenters. The van der Waals surface area contributed by atoms with Crippen LogP contribution in [0.15, 0.2) is 78.9 Å². The zero-order valence-electron chi connectivity index (χ0n) is 29.9. The molecule has 1 unspecified atom stereocenters. The summed E-state index contributed by atoms with van der Waals surface area (Å²) in [6.07, 6.45) is -1.36. The Hall–Kier alpha value is -5.65. The molecule has 1 saturated heterocycles. The number of pyridine rings is 1. The second-order valence-corrected chi connectivity index (χ2v) is 14.5. The van der Waals surface area contributed by atoms with Gasteiger partial charge in [0.25, 0.3) is 0 Å². The Morgan fingerprint density at radius 3 is 2.25 bits per heavy atom. The van der Waals surface area contributed by atoms with E-state index in [1.807, 2.05) is 48.5 Å². The third kappa shape index (κ3) is 8.75. The van der Waals surface area contributed by atoms with Crippen LogP contribution in [0.2, 0.25) is 0 Å². The number of aromatic carboxylic acids is 1. The number of aromatic nitrogens is 1. The van der Waals surface area contributed by atoms with Crippen molar-refractivity contribution in [3.63, 3.8) is 0 Å². The third-order valence-electron chi connectivity index (χ3n) is 8.38. The van der Waals surface area contributed by atoms with Crippen LogP contribution in [0.5, 0.6) is 11.5 Å². The Labute approximate surface area is 297 Å². The number of hydrogen-bond acceptors (Lipinski definition) is 8. The molecular weight excluding hydrogens is 652 g/mol. The highest BCUT2D eigenvalue weighted by Crippen LogP contribution is 2.35. The maximum Gasteiger partial charge on any atom is 0.408 e. The summed E-state index contributed by atoms with van der Waals surface area (Å²) in [5.74, 6) is -1.21. The number of nitrogens with zero attached hydrogens (tertiary/aromatic N) is 2. The van der Waals surface area contributed by atoms with Gasteiger partial charge in [-0.15, -0.1) is 0 Å². The molecular formula is C39H44N4O8. The number of carbonyl (C=O) groups excluding carboxylic acids is 3. The van der Waals surface area contributed by atoms with Crippen LogP contribution in [0.25, 0.3) is 22.2 Å². The van der Waals surface area contributed by atoms with E-state index in [-0.39, 0.29) is 24.2 Å². The molecule has 1 aliphatic rings. The van der Waals surface area contributed by atoms with E-state index in [0.717, 1.165) is 5.56 Å².